The predicted molar refractivity (Wildman–Crippen MR) is 275 cm³/mol. The molecule has 3 N–H and O–H groups in total. The van der Waals surface area contributed by atoms with Crippen molar-refractivity contribution in [2.45, 2.75) is 277 Å². The molecule has 0 aliphatic rings. The van der Waals surface area contributed by atoms with Gasteiger partial charge in [-0.25, -0.2) is 4.57 Å². The van der Waals surface area contributed by atoms with Gasteiger partial charge in [0.15, 0.2) is 0 Å². The van der Waals surface area contributed by atoms with Gasteiger partial charge in [-0.1, -0.05) is 230 Å². The zero-order valence-corrected chi connectivity index (χ0v) is 43.2. The van der Waals surface area contributed by atoms with Gasteiger partial charge >= 0.3 is 13.8 Å². The number of phosphoric acid groups is 1. The van der Waals surface area contributed by atoms with Gasteiger partial charge in [0.25, 0.3) is 0 Å². The molecule has 0 amide bonds. The highest BCUT2D eigenvalue weighted by Crippen LogP contribution is 2.43. The summed E-state index contributed by atoms with van der Waals surface area (Å²) in [6.07, 6.45) is 63.3. The van der Waals surface area contributed by atoms with Gasteiger partial charge < -0.3 is 20.1 Å². The lowest BCUT2D eigenvalue weighted by molar-refractivity contribution is -0.154. The normalized spacial score (nSPS) is 13.5. The molecule has 0 aliphatic carbocycles. The van der Waals surface area contributed by atoms with Crippen LogP contribution in [0.5, 0.6) is 0 Å². The van der Waals surface area contributed by atoms with E-state index in [1.54, 1.807) is 0 Å². The summed E-state index contributed by atoms with van der Waals surface area (Å²) in [5.74, 6) is -0.329. The average molecular weight is 924 g/mol. The molecule has 2 atom stereocenters. The quantitative estimate of drug-likeness (QED) is 0.0268. The second kappa shape index (κ2) is 52.7. The van der Waals surface area contributed by atoms with Crippen LogP contribution in [-0.4, -0.2) is 49.9 Å². The largest absolute Gasteiger partial charge is 0.472 e. The lowest BCUT2D eigenvalue weighted by atomic mass is 10.0. The zero-order chi connectivity index (χ0) is 46.5. The number of hydrogen-bond donors (Lipinski definition) is 2. The van der Waals surface area contributed by atoms with Crippen LogP contribution in [0.4, 0.5) is 0 Å². The minimum atomic E-state index is -4.28. The van der Waals surface area contributed by atoms with Crippen molar-refractivity contribution in [1.29, 1.82) is 0 Å². The van der Waals surface area contributed by atoms with Crippen LogP contribution >= 0.6 is 7.82 Å². The third-order valence-corrected chi connectivity index (χ3v) is 13.0. The van der Waals surface area contributed by atoms with Crippen molar-refractivity contribution in [1.82, 2.24) is 0 Å². The Morgan fingerprint density at radius 1 is 0.469 bits per heavy atom. The summed E-state index contributed by atoms with van der Waals surface area (Å²) in [6.45, 7) is 4.96. The van der Waals surface area contributed by atoms with Gasteiger partial charge in [-0.05, 0) is 70.6 Å². The Bertz CT molecular complexity index is 1080. The first-order valence-electron chi connectivity index (χ1n) is 27.5. The van der Waals surface area contributed by atoms with E-state index >= 15 is 0 Å². The third kappa shape index (κ3) is 51.7. The van der Waals surface area contributed by atoms with Gasteiger partial charge in [0, 0.05) is 19.6 Å². The summed E-state index contributed by atoms with van der Waals surface area (Å²) < 4.78 is 33.7. The Morgan fingerprint density at radius 3 is 1.23 bits per heavy atom. The lowest BCUT2D eigenvalue weighted by Gasteiger charge is -2.20. The first-order valence-corrected chi connectivity index (χ1v) is 29.0. The Labute approximate surface area is 397 Å². The molecule has 0 rings (SSSR count). The number of carbonyl (C=O) groups excluding carboxylic acids is 1. The molecular formula is C55H106NO7P. The fraction of sp³-hybridized carbons (Fsp3) is 0.873. The smallest absolute Gasteiger partial charge is 0.457 e. The van der Waals surface area contributed by atoms with Crippen LogP contribution in [0.25, 0.3) is 0 Å². The number of carbonyl (C=O) groups is 1. The molecule has 0 aromatic rings. The first kappa shape index (κ1) is 62.7. The number of phosphoric ester groups is 1. The van der Waals surface area contributed by atoms with E-state index in [1.807, 2.05) is 0 Å². The molecule has 64 heavy (non-hydrogen) atoms. The Hall–Kier alpha value is -1.28. The molecular weight excluding hydrogens is 818 g/mol. The maximum absolute atomic E-state index is 12.7. The van der Waals surface area contributed by atoms with Gasteiger partial charge in [-0.3, -0.25) is 13.8 Å². The molecule has 0 radical (unpaired) electrons. The number of hydrogen-bond acceptors (Lipinski definition) is 7. The standard InChI is InChI=1S/C55H106NO7P/c1-3-5-7-9-11-13-15-17-19-21-23-25-26-27-29-31-33-35-37-39-41-43-45-47-50-60-52-54(53-62-64(58,59)61-51-49-56)63-55(57)48-46-44-42-40-38-36-34-32-30-28-24-22-20-18-16-14-12-10-8-6-4-2/h15,17,21-24,54H,3-14,16,18-20,25-53,56H2,1-2H3,(H,58,59)/b17-15-,23-21-,24-22-. The minimum Gasteiger partial charge on any atom is -0.457 e. The Balaban J connectivity index is 3.89. The van der Waals surface area contributed by atoms with Crippen molar-refractivity contribution < 1.29 is 32.8 Å². The van der Waals surface area contributed by atoms with E-state index in [2.05, 4.69) is 50.3 Å². The second-order valence-electron chi connectivity index (χ2n) is 18.4. The summed E-state index contributed by atoms with van der Waals surface area (Å²) >= 11 is 0. The number of allylic oxidation sites excluding steroid dienone is 6. The van der Waals surface area contributed by atoms with Gasteiger partial charge in [0.1, 0.15) is 6.10 Å². The van der Waals surface area contributed by atoms with E-state index in [4.69, 9.17) is 24.3 Å². The lowest BCUT2D eigenvalue weighted by Crippen LogP contribution is -2.28. The summed E-state index contributed by atoms with van der Waals surface area (Å²) in [4.78, 5) is 22.6. The van der Waals surface area contributed by atoms with Crippen LogP contribution in [0.2, 0.25) is 0 Å². The Kier molecular flexibility index (Phi) is 51.6. The Morgan fingerprint density at radius 2 is 0.828 bits per heavy atom. The molecule has 2 unspecified atom stereocenters. The topological polar surface area (TPSA) is 117 Å². The predicted octanol–water partition coefficient (Wildman–Crippen LogP) is 17.3. The number of ether oxygens (including phenoxy) is 2. The summed E-state index contributed by atoms with van der Waals surface area (Å²) in [5.41, 5.74) is 5.40. The molecule has 0 aliphatic heterocycles. The number of nitrogens with two attached hydrogens (primary N) is 1. The van der Waals surface area contributed by atoms with Crippen molar-refractivity contribution in [2.24, 2.45) is 5.73 Å². The molecule has 0 spiro atoms. The van der Waals surface area contributed by atoms with Crippen molar-refractivity contribution >= 4 is 13.8 Å². The molecule has 8 nitrogen and oxygen atoms in total. The maximum Gasteiger partial charge on any atom is 0.472 e. The highest BCUT2D eigenvalue weighted by atomic mass is 31.2. The molecule has 0 aromatic carbocycles. The summed E-state index contributed by atoms with van der Waals surface area (Å²) in [6, 6.07) is 0. The fourth-order valence-electron chi connectivity index (χ4n) is 7.97. The van der Waals surface area contributed by atoms with Crippen molar-refractivity contribution in [2.75, 3.05) is 33.0 Å². The van der Waals surface area contributed by atoms with Crippen LogP contribution in [0, 0.1) is 0 Å². The van der Waals surface area contributed by atoms with E-state index in [0.717, 1.165) is 38.5 Å². The molecule has 9 heteroatoms. The number of unbranched alkanes of at least 4 members (excludes halogenated alkanes) is 34. The van der Waals surface area contributed by atoms with Gasteiger partial charge in [0.2, 0.25) is 0 Å². The second-order valence-corrected chi connectivity index (χ2v) is 19.9. The molecule has 0 heterocycles. The zero-order valence-electron chi connectivity index (χ0n) is 42.3. The molecule has 0 saturated heterocycles. The van der Waals surface area contributed by atoms with Gasteiger partial charge in [-0.15, -0.1) is 0 Å². The molecule has 0 fully saturated rings. The van der Waals surface area contributed by atoms with Gasteiger partial charge in [0.05, 0.1) is 19.8 Å². The van der Waals surface area contributed by atoms with Crippen molar-refractivity contribution in [3.63, 3.8) is 0 Å². The number of rotatable bonds is 53. The SMILES string of the molecule is CCCCCCC/C=C\C/C=C\CCCCCCCCCCCCCCOCC(COP(=O)(O)OCCN)OC(=O)CCCCCCCCCCC/C=C\CCCCCCCCCC. The van der Waals surface area contributed by atoms with Gasteiger partial charge in [-0.2, -0.15) is 0 Å². The molecule has 378 valence electrons. The van der Waals surface area contributed by atoms with E-state index < -0.39 is 13.9 Å². The van der Waals surface area contributed by atoms with Crippen LogP contribution in [0.3, 0.4) is 0 Å². The molecule has 0 bridgehead atoms. The van der Waals surface area contributed by atoms with Crippen LogP contribution in [0.15, 0.2) is 36.5 Å². The minimum absolute atomic E-state index is 0.0951. The highest BCUT2D eigenvalue weighted by molar-refractivity contribution is 7.47. The average Bonchev–Trinajstić information content (AvgIpc) is 3.29. The van der Waals surface area contributed by atoms with Crippen LogP contribution in [0.1, 0.15) is 271 Å². The fourth-order valence-corrected chi connectivity index (χ4v) is 8.73. The first-order chi connectivity index (χ1) is 31.4. The number of esters is 1. The maximum atomic E-state index is 12.7. The van der Waals surface area contributed by atoms with E-state index in [9.17, 15) is 14.3 Å². The monoisotopic (exact) mass is 924 g/mol. The molecule has 0 saturated carbocycles. The van der Waals surface area contributed by atoms with E-state index in [-0.39, 0.29) is 32.3 Å². The van der Waals surface area contributed by atoms with Crippen molar-refractivity contribution in [3.8, 4) is 0 Å². The summed E-state index contributed by atoms with van der Waals surface area (Å²) in [5, 5.41) is 0. The molecule has 0 aromatic heterocycles. The highest BCUT2D eigenvalue weighted by Gasteiger charge is 2.25. The van der Waals surface area contributed by atoms with Crippen LogP contribution < -0.4 is 5.73 Å². The van der Waals surface area contributed by atoms with Crippen LogP contribution in [-0.2, 0) is 27.9 Å². The van der Waals surface area contributed by atoms with Crippen molar-refractivity contribution in [3.05, 3.63) is 36.5 Å². The van der Waals surface area contributed by atoms with E-state index in [0.29, 0.717) is 13.0 Å². The third-order valence-electron chi connectivity index (χ3n) is 12.0. The summed E-state index contributed by atoms with van der Waals surface area (Å²) in [7, 11) is -4.28. The van der Waals surface area contributed by atoms with E-state index in [1.165, 1.54) is 212 Å².